The van der Waals surface area contributed by atoms with Crippen LogP contribution in [0.3, 0.4) is 0 Å². The molecule has 0 N–H and O–H groups in total. The first-order valence-corrected chi connectivity index (χ1v) is 7.77. The molecule has 0 amide bonds. The number of benzene rings is 2. The minimum absolute atomic E-state index is 0.0953. The van der Waals surface area contributed by atoms with Crippen LogP contribution in [0.4, 0.5) is 0 Å². The normalized spacial score (nSPS) is 16.2. The van der Waals surface area contributed by atoms with E-state index in [2.05, 4.69) is 4.98 Å². The zero-order chi connectivity index (χ0) is 16.4. The Morgan fingerprint density at radius 2 is 1.88 bits per heavy atom. The first kappa shape index (κ1) is 14.5. The summed E-state index contributed by atoms with van der Waals surface area (Å²) in [6.45, 7) is 0. The van der Waals surface area contributed by atoms with Gasteiger partial charge in [0.15, 0.2) is 5.78 Å². The van der Waals surface area contributed by atoms with Gasteiger partial charge >= 0.3 is 0 Å². The predicted octanol–water partition coefficient (Wildman–Crippen LogP) is 4.58. The van der Waals surface area contributed by atoms with Crippen LogP contribution < -0.4 is 9.47 Å². The van der Waals surface area contributed by atoms with Gasteiger partial charge in [0.1, 0.15) is 17.6 Å². The Bertz CT molecular complexity index is 877. The number of Topliss-reactive ketones (excluding diaryl/α,β-unsaturated/α-hetero) is 1. The molecule has 0 saturated heterocycles. The molecule has 2 heterocycles. The molecular formula is C20H15NO3. The zero-order valence-corrected chi connectivity index (χ0v) is 12.9. The number of hydrogen-bond acceptors (Lipinski definition) is 4. The monoisotopic (exact) mass is 317 g/mol. The molecular weight excluding hydrogens is 302 g/mol. The third-order valence-corrected chi connectivity index (χ3v) is 3.92. The number of rotatable bonds is 3. The lowest BCUT2D eigenvalue weighted by molar-refractivity contribution is 0.0850. The van der Waals surface area contributed by atoms with E-state index < -0.39 is 0 Å². The average molecular weight is 317 g/mol. The van der Waals surface area contributed by atoms with Crippen molar-refractivity contribution in [3.8, 4) is 17.4 Å². The molecule has 4 nitrogen and oxygen atoms in total. The molecule has 24 heavy (non-hydrogen) atoms. The maximum Gasteiger partial charge on any atom is 0.219 e. The summed E-state index contributed by atoms with van der Waals surface area (Å²) in [7, 11) is 0. The number of pyridine rings is 1. The molecule has 1 aliphatic heterocycles. The number of nitrogens with zero attached hydrogens (tertiary/aromatic N) is 1. The van der Waals surface area contributed by atoms with Gasteiger partial charge in [-0.15, -0.1) is 0 Å². The van der Waals surface area contributed by atoms with Crippen molar-refractivity contribution in [2.45, 2.75) is 12.5 Å². The summed E-state index contributed by atoms with van der Waals surface area (Å²) < 4.78 is 11.8. The lowest BCUT2D eigenvalue weighted by Crippen LogP contribution is -2.20. The predicted molar refractivity (Wildman–Crippen MR) is 89.5 cm³/mol. The van der Waals surface area contributed by atoms with E-state index in [1.54, 1.807) is 18.3 Å². The standard InChI is InChI=1S/C20H15NO3/c22-17-13-19(24-18-9-2-1-8-16(17)18)14-6-5-7-15(12-14)23-20-10-3-4-11-21-20/h1-12,19H,13H2. The van der Waals surface area contributed by atoms with E-state index in [4.69, 9.17) is 9.47 Å². The fourth-order valence-corrected chi connectivity index (χ4v) is 2.77. The van der Waals surface area contributed by atoms with Crippen molar-refractivity contribution in [3.63, 3.8) is 0 Å². The smallest absolute Gasteiger partial charge is 0.219 e. The summed E-state index contributed by atoms with van der Waals surface area (Å²) >= 11 is 0. The van der Waals surface area contributed by atoms with Gasteiger partial charge in [0, 0.05) is 12.3 Å². The van der Waals surface area contributed by atoms with E-state index in [-0.39, 0.29) is 11.9 Å². The van der Waals surface area contributed by atoms with Crippen molar-refractivity contribution in [1.82, 2.24) is 4.98 Å². The number of hydrogen-bond donors (Lipinski definition) is 0. The Morgan fingerprint density at radius 1 is 1.00 bits per heavy atom. The van der Waals surface area contributed by atoms with Crippen LogP contribution in [0.25, 0.3) is 0 Å². The van der Waals surface area contributed by atoms with Crippen molar-refractivity contribution in [3.05, 3.63) is 84.1 Å². The molecule has 0 spiro atoms. The van der Waals surface area contributed by atoms with Crippen LogP contribution in [0.1, 0.15) is 28.4 Å². The van der Waals surface area contributed by atoms with Gasteiger partial charge < -0.3 is 9.47 Å². The Hall–Kier alpha value is -3.14. The van der Waals surface area contributed by atoms with Gasteiger partial charge in [-0.2, -0.15) is 0 Å². The Labute approximate surface area is 139 Å². The van der Waals surface area contributed by atoms with E-state index >= 15 is 0 Å². The number of aromatic nitrogens is 1. The number of para-hydroxylation sites is 1. The summed E-state index contributed by atoms with van der Waals surface area (Å²) in [4.78, 5) is 16.5. The van der Waals surface area contributed by atoms with Gasteiger partial charge in [-0.05, 0) is 35.9 Å². The Kier molecular flexibility index (Phi) is 3.71. The van der Waals surface area contributed by atoms with E-state index in [0.717, 1.165) is 5.56 Å². The minimum atomic E-state index is -0.306. The highest BCUT2D eigenvalue weighted by atomic mass is 16.5. The molecule has 0 bridgehead atoms. The summed E-state index contributed by atoms with van der Waals surface area (Å²) in [5, 5.41) is 0. The summed E-state index contributed by atoms with van der Waals surface area (Å²) in [6, 6.07) is 20.4. The molecule has 2 aromatic carbocycles. The van der Waals surface area contributed by atoms with E-state index in [0.29, 0.717) is 29.4 Å². The molecule has 4 rings (SSSR count). The van der Waals surface area contributed by atoms with Crippen LogP contribution in [0, 0.1) is 0 Å². The van der Waals surface area contributed by atoms with Crippen LogP contribution >= 0.6 is 0 Å². The fraction of sp³-hybridized carbons (Fsp3) is 0.100. The summed E-state index contributed by atoms with van der Waals surface area (Å²) in [5.74, 6) is 1.93. The molecule has 1 atom stereocenters. The van der Waals surface area contributed by atoms with Crippen molar-refractivity contribution >= 4 is 5.78 Å². The third-order valence-electron chi connectivity index (χ3n) is 3.92. The van der Waals surface area contributed by atoms with Crippen LogP contribution in [0.15, 0.2) is 72.9 Å². The van der Waals surface area contributed by atoms with Crippen LogP contribution in [0.2, 0.25) is 0 Å². The van der Waals surface area contributed by atoms with Crippen LogP contribution in [0.5, 0.6) is 17.4 Å². The quantitative estimate of drug-likeness (QED) is 0.709. The number of ether oxygens (including phenoxy) is 2. The maximum atomic E-state index is 12.3. The highest BCUT2D eigenvalue weighted by molar-refractivity contribution is 5.99. The largest absolute Gasteiger partial charge is 0.484 e. The Morgan fingerprint density at radius 3 is 2.75 bits per heavy atom. The zero-order valence-electron chi connectivity index (χ0n) is 12.9. The second kappa shape index (κ2) is 6.16. The third kappa shape index (κ3) is 2.86. The highest BCUT2D eigenvalue weighted by Gasteiger charge is 2.27. The SMILES string of the molecule is O=C1CC(c2cccc(Oc3ccccn3)c2)Oc2ccccc21. The molecule has 0 aliphatic carbocycles. The highest BCUT2D eigenvalue weighted by Crippen LogP contribution is 2.35. The van der Waals surface area contributed by atoms with Gasteiger partial charge in [-0.3, -0.25) is 4.79 Å². The second-order valence-corrected chi connectivity index (χ2v) is 5.57. The molecule has 1 unspecified atom stereocenters. The van der Waals surface area contributed by atoms with Gasteiger partial charge in [0.25, 0.3) is 0 Å². The fourth-order valence-electron chi connectivity index (χ4n) is 2.77. The van der Waals surface area contributed by atoms with Crippen LogP contribution in [-0.4, -0.2) is 10.8 Å². The topological polar surface area (TPSA) is 48.4 Å². The number of ketones is 1. The molecule has 0 saturated carbocycles. The first-order valence-electron chi connectivity index (χ1n) is 7.77. The minimum Gasteiger partial charge on any atom is -0.484 e. The summed E-state index contributed by atoms with van der Waals surface area (Å²) in [5.41, 5.74) is 1.56. The van der Waals surface area contributed by atoms with E-state index in [1.165, 1.54) is 0 Å². The second-order valence-electron chi connectivity index (χ2n) is 5.57. The van der Waals surface area contributed by atoms with Crippen molar-refractivity contribution in [2.24, 2.45) is 0 Å². The molecule has 1 aromatic heterocycles. The van der Waals surface area contributed by atoms with Crippen molar-refractivity contribution < 1.29 is 14.3 Å². The summed E-state index contributed by atoms with van der Waals surface area (Å²) in [6.07, 6.45) is 1.70. The van der Waals surface area contributed by atoms with Crippen molar-refractivity contribution in [2.75, 3.05) is 0 Å². The number of fused-ring (bicyclic) bond motifs is 1. The van der Waals surface area contributed by atoms with E-state index in [1.807, 2.05) is 54.6 Å². The molecule has 0 fully saturated rings. The lowest BCUT2D eigenvalue weighted by atomic mass is 9.96. The molecule has 3 aromatic rings. The molecule has 4 heteroatoms. The number of carbonyl (C=O) groups is 1. The van der Waals surface area contributed by atoms with Crippen LogP contribution in [-0.2, 0) is 0 Å². The van der Waals surface area contributed by atoms with Gasteiger partial charge in [0.2, 0.25) is 5.88 Å². The first-order chi connectivity index (χ1) is 11.8. The molecule has 0 radical (unpaired) electrons. The molecule has 118 valence electrons. The van der Waals surface area contributed by atoms with Crippen molar-refractivity contribution in [1.29, 1.82) is 0 Å². The molecule has 1 aliphatic rings. The lowest BCUT2D eigenvalue weighted by Gasteiger charge is -2.25. The maximum absolute atomic E-state index is 12.3. The van der Waals surface area contributed by atoms with Gasteiger partial charge in [-0.25, -0.2) is 4.98 Å². The Balaban J connectivity index is 1.59. The number of carbonyl (C=O) groups excluding carboxylic acids is 1. The van der Waals surface area contributed by atoms with Gasteiger partial charge in [0.05, 0.1) is 12.0 Å². The van der Waals surface area contributed by atoms with E-state index in [9.17, 15) is 4.79 Å². The van der Waals surface area contributed by atoms with Gasteiger partial charge in [-0.1, -0.05) is 30.3 Å². The average Bonchev–Trinajstić information content (AvgIpc) is 2.63.